The standard InChI is InChI=1S/C51H40N6/c1-4-55-40-23-15-13-21-37(40)44-46(55)43-38-22-14-16-24-41(38)56(5-2)47(43)45-39-31-36(29-30-42(39)57(6-3)48(44)45)32-25-27-35(28-26-32)51-53-49(33-17-9-7-10-18-33)52-50(54-51)34-19-11-8-12-20-34/h7-31H,4-6H2,1-3H3. The minimum absolute atomic E-state index is 0.653. The summed E-state index contributed by atoms with van der Waals surface area (Å²) in [5, 5.41) is 7.93. The van der Waals surface area contributed by atoms with Gasteiger partial charge in [0.1, 0.15) is 0 Å². The van der Waals surface area contributed by atoms with Crippen LogP contribution in [0.15, 0.2) is 152 Å². The molecule has 274 valence electrons. The SMILES string of the molecule is CCn1c2ccccc2c2c1c1c3ccccc3n(CC)c1c1c3cc(-c4ccc(-c5nc(-c6ccccc6)nc(-c6ccccc6)n5)cc4)ccc3n(CC)c21. The zero-order valence-electron chi connectivity index (χ0n) is 32.2. The Kier molecular flexibility index (Phi) is 7.61. The lowest BCUT2D eigenvalue weighted by atomic mass is 9.99. The predicted molar refractivity (Wildman–Crippen MR) is 238 cm³/mol. The van der Waals surface area contributed by atoms with E-state index in [-0.39, 0.29) is 0 Å². The fourth-order valence-corrected chi connectivity index (χ4v) is 9.37. The number of para-hydroxylation sites is 2. The number of aryl methyl sites for hydroxylation is 3. The number of aromatic nitrogens is 6. The van der Waals surface area contributed by atoms with Crippen LogP contribution in [-0.2, 0) is 19.6 Å². The summed E-state index contributed by atoms with van der Waals surface area (Å²) in [6.45, 7) is 9.48. The summed E-state index contributed by atoms with van der Waals surface area (Å²) in [4.78, 5) is 14.8. The highest BCUT2D eigenvalue weighted by molar-refractivity contribution is 6.39. The van der Waals surface area contributed by atoms with Crippen molar-refractivity contribution < 1.29 is 0 Å². The average Bonchev–Trinajstić information content (AvgIpc) is 3.91. The van der Waals surface area contributed by atoms with Crippen molar-refractivity contribution in [3.8, 4) is 45.3 Å². The van der Waals surface area contributed by atoms with Crippen LogP contribution in [0.3, 0.4) is 0 Å². The van der Waals surface area contributed by atoms with Gasteiger partial charge in [0.25, 0.3) is 0 Å². The number of hydrogen-bond donors (Lipinski definition) is 0. The molecule has 0 atom stereocenters. The molecule has 0 N–H and O–H groups in total. The van der Waals surface area contributed by atoms with Crippen molar-refractivity contribution in [2.75, 3.05) is 0 Å². The first-order valence-electron chi connectivity index (χ1n) is 20.0. The lowest BCUT2D eigenvalue weighted by Gasteiger charge is -2.10. The molecule has 0 aliphatic rings. The summed E-state index contributed by atoms with van der Waals surface area (Å²) >= 11 is 0. The van der Waals surface area contributed by atoms with Crippen molar-refractivity contribution in [3.05, 3.63) is 152 Å². The van der Waals surface area contributed by atoms with Crippen LogP contribution in [0.25, 0.3) is 111 Å². The maximum Gasteiger partial charge on any atom is 0.164 e. The van der Waals surface area contributed by atoms with Gasteiger partial charge < -0.3 is 13.7 Å². The second-order valence-corrected chi connectivity index (χ2v) is 14.8. The molecule has 4 heterocycles. The lowest BCUT2D eigenvalue weighted by molar-refractivity contribution is 0.821. The van der Waals surface area contributed by atoms with Crippen LogP contribution in [0.4, 0.5) is 0 Å². The second kappa shape index (κ2) is 13.0. The quantitative estimate of drug-likeness (QED) is 0.164. The van der Waals surface area contributed by atoms with Gasteiger partial charge in [-0.1, -0.05) is 127 Å². The zero-order chi connectivity index (χ0) is 38.2. The van der Waals surface area contributed by atoms with E-state index in [4.69, 9.17) is 15.0 Å². The number of rotatable bonds is 7. The summed E-state index contributed by atoms with van der Waals surface area (Å²) < 4.78 is 7.65. The molecule has 0 saturated carbocycles. The minimum Gasteiger partial charge on any atom is -0.340 e. The van der Waals surface area contributed by atoms with E-state index in [1.54, 1.807) is 0 Å². The Balaban J connectivity index is 1.14. The third-order valence-corrected chi connectivity index (χ3v) is 11.8. The monoisotopic (exact) mass is 736 g/mol. The molecule has 6 heteroatoms. The number of hydrogen-bond acceptors (Lipinski definition) is 3. The Morgan fingerprint density at radius 1 is 0.333 bits per heavy atom. The minimum atomic E-state index is 0.653. The van der Waals surface area contributed by atoms with E-state index in [0.717, 1.165) is 41.9 Å². The Labute approximate surface area is 330 Å². The molecule has 0 bridgehead atoms. The molecular weight excluding hydrogens is 697 g/mol. The molecule has 4 aromatic heterocycles. The summed E-state index contributed by atoms with van der Waals surface area (Å²) in [5.74, 6) is 1.97. The van der Waals surface area contributed by atoms with Crippen LogP contribution in [0.1, 0.15) is 20.8 Å². The Hall–Kier alpha value is -7.05. The molecule has 0 radical (unpaired) electrons. The van der Waals surface area contributed by atoms with E-state index in [1.807, 2.05) is 60.7 Å². The van der Waals surface area contributed by atoms with Crippen molar-refractivity contribution in [1.29, 1.82) is 0 Å². The van der Waals surface area contributed by atoms with Gasteiger partial charge in [-0.2, -0.15) is 0 Å². The molecule has 0 aliphatic carbocycles. The molecule has 0 spiro atoms. The van der Waals surface area contributed by atoms with Crippen LogP contribution >= 0.6 is 0 Å². The van der Waals surface area contributed by atoms with Crippen molar-refractivity contribution in [2.24, 2.45) is 0 Å². The van der Waals surface area contributed by atoms with Crippen molar-refractivity contribution in [3.63, 3.8) is 0 Å². The molecule has 11 aromatic rings. The average molecular weight is 737 g/mol. The molecule has 0 unspecified atom stereocenters. The van der Waals surface area contributed by atoms with Crippen molar-refractivity contribution in [1.82, 2.24) is 28.7 Å². The highest BCUT2D eigenvalue weighted by atomic mass is 15.0. The van der Waals surface area contributed by atoms with Gasteiger partial charge in [-0.3, -0.25) is 0 Å². The highest BCUT2D eigenvalue weighted by Gasteiger charge is 2.26. The Bertz CT molecular complexity index is 3230. The van der Waals surface area contributed by atoms with E-state index in [2.05, 4.69) is 125 Å². The van der Waals surface area contributed by atoms with Gasteiger partial charge in [0.05, 0.1) is 16.6 Å². The lowest BCUT2D eigenvalue weighted by Crippen LogP contribution is -2.00. The maximum absolute atomic E-state index is 4.98. The van der Waals surface area contributed by atoms with Crippen LogP contribution in [0.2, 0.25) is 0 Å². The third-order valence-electron chi connectivity index (χ3n) is 11.8. The molecule has 0 aliphatic heterocycles. The van der Waals surface area contributed by atoms with Crippen LogP contribution in [0, 0.1) is 0 Å². The van der Waals surface area contributed by atoms with Crippen LogP contribution in [0.5, 0.6) is 0 Å². The van der Waals surface area contributed by atoms with Gasteiger partial charge >= 0.3 is 0 Å². The van der Waals surface area contributed by atoms with Crippen molar-refractivity contribution in [2.45, 2.75) is 40.4 Å². The molecular formula is C51H40N6. The van der Waals surface area contributed by atoms with E-state index >= 15 is 0 Å². The number of benzene rings is 7. The third kappa shape index (κ3) is 4.93. The van der Waals surface area contributed by atoms with Crippen molar-refractivity contribution >= 4 is 65.4 Å². The first-order chi connectivity index (χ1) is 28.2. The van der Waals surface area contributed by atoms with Gasteiger partial charge in [0, 0.05) is 85.2 Å². The van der Waals surface area contributed by atoms with E-state index < -0.39 is 0 Å². The van der Waals surface area contributed by atoms with Gasteiger partial charge in [-0.05, 0) is 56.2 Å². The Morgan fingerprint density at radius 2 is 0.684 bits per heavy atom. The molecule has 7 aromatic carbocycles. The maximum atomic E-state index is 4.98. The van der Waals surface area contributed by atoms with Crippen LogP contribution in [-0.4, -0.2) is 28.7 Å². The van der Waals surface area contributed by atoms with Gasteiger partial charge in [0.15, 0.2) is 17.5 Å². The van der Waals surface area contributed by atoms with Gasteiger partial charge in [-0.15, -0.1) is 0 Å². The summed E-state index contributed by atoms with van der Waals surface area (Å²) in [5.41, 5.74) is 13.0. The molecule has 0 saturated heterocycles. The first-order valence-corrected chi connectivity index (χ1v) is 20.0. The summed E-state index contributed by atoms with van der Waals surface area (Å²) in [6.07, 6.45) is 0. The fourth-order valence-electron chi connectivity index (χ4n) is 9.37. The molecule has 11 rings (SSSR count). The summed E-state index contributed by atoms with van der Waals surface area (Å²) in [6, 6.07) is 54.0. The second-order valence-electron chi connectivity index (χ2n) is 14.8. The summed E-state index contributed by atoms with van der Waals surface area (Å²) in [7, 11) is 0. The fraction of sp³-hybridized carbons (Fsp3) is 0.118. The largest absolute Gasteiger partial charge is 0.340 e. The first kappa shape index (κ1) is 33.3. The molecule has 6 nitrogen and oxygen atoms in total. The number of nitrogens with zero attached hydrogens (tertiary/aromatic N) is 6. The smallest absolute Gasteiger partial charge is 0.164 e. The predicted octanol–water partition coefficient (Wildman–Crippen LogP) is 12.9. The van der Waals surface area contributed by atoms with Crippen LogP contribution < -0.4 is 0 Å². The molecule has 0 amide bonds. The van der Waals surface area contributed by atoms with Gasteiger partial charge in [0.2, 0.25) is 0 Å². The van der Waals surface area contributed by atoms with Gasteiger partial charge in [-0.25, -0.2) is 15.0 Å². The van der Waals surface area contributed by atoms with E-state index in [9.17, 15) is 0 Å². The topological polar surface area (TPSA) is 53.5 Å². The Morgan fingerprint density at radius 3 is 1.14 bits per heavy atom. The molecule has 0 fully saturated rings. The normalized spacial score (nSPS) is 12.0. The zero-order valence-corrected chi connectivity index (χ0v) is 32.2. The molecule has 57 heavy (non-hydrogen) atoms. The number of fused-ring (bicyclic) bond motifs is 12. The highest BCUT2D eigenvalue weighted by Crippen LogP contribution is 2.48. The van der Waals surface area contributed by atoms with E-state index in [1.165, 1.54) is 71.0 Å². The van der Waals surface area contributed by atoms with E-state index in [0.29, 0.717) is 17.5 Å².